The molecule has 4 heteroatoms. The highest BCUT2D eigenvalue weighted by Crippen LogP contribution is 2.40. The van der Waals surface area contributed by atoms with Gasteiger partial charge < -0.3 is 10.2 Å². The zero-order valence-corrected chi connectivity index (χ0v) is 15.4. The molecular formula is C23H24N4. The zero-order valence-electron chi connectivity index (χ0n) is 15.4. The third-order valence-corrected chi connectivity index (χ3v) is 5.48. The summed E-state index contributed by atoms with van der Waals surface area (Å²) in [5.74, 6) is 2.41. The molecule has 3 aromatic rings. The monoisotopic (exact) mass is 356 g/mol. The molecule has 0 saturated heterocycles. The van der Waals surface area contributed by atoms with Crippen LogP contribution in [0.15, 0.2) is 60.7 Å². The number of fused-ring (bicyclic) bond motifs is 1. The molecule has 2 heterocycles. The van der Waals surface area contributed by atoms with Crippen molar-refractivity contribution in [3.05, 3.63) is 83.0 Å². The lowest BCUT2D eigenvalue weighted by Crippen LogP contribution is -2.31. The van der Waals surface area contributed by atoms with Gasteiger partial charge in [-0.1, -0.05) is 54.6 Å². The number of rotatable bonds is 5. The first kappa shape index (κ1) is 16.3. The maximum atomic E-state index is 4.86. The van der Waals surface area contributed by atoms with Crippen molar-refractivity contribution in [3.63, 3.8) is 0 Å². The Morgan fingerprint density at radius 3 is 2.52 bits per heavy atom. The van der Waals surface area contributed by atoms with Crippen LogP contribution in [0, 0.1) is 0 Å². The molecule has 27 heavy (non-hydrogen) atoms. The van der Waals surface area contributed by atoms with E-state index in [0.29, 0.717) is 5.92 Å². The largest absolute Gasteiger partial charge is 0.352 e. The summed E-state index contributed by atoms with van der Waals surface area (Å²) in [7, 11) is 0. The van der Waals surface area contributed by atoms with Crippen LogP contribution < -0.4 is 10.2 Å². The van der Waals surface area contributed by atoms with Crippen molar-refractivity contribution in [3.8, 4) is 0 Å². The second-order valence-corrected chi connectivity index (χ2v) is 7.53. The molecule has 1 saturated carbocycles. The molecule has 0 unspecified atom stereocenters. The first-order chi connectivity index (χ1) is 13.3. The summed E-state index contributed by atoms with van der Waals surface area (Å²) in [6.45, 7) is 2.68. The van der Waals surface area contributed by atoms with Crippen molar-refractivity contribution >= 4 is 11.8 Å². The van der Waals surface area contributed by atoms with E-state index in [2.05, 4.69) is 64.8 Å². The van der Waals surface area contributed by atoms with Gasteiger partial charge in [0.1, 0.15) is 5.82 Å². The maximum absolute atomic E-state index is 4.86. The fraction of sp³-hybridized carbons (Fsp3) is 0.304. The molecule has 1 aliphatic heterocycles. The van der Waals surface area contributed by atoms with Gasteiger partial charge in [-0.15, -0.1) is 0 Å². The number of benzene rings is 2. The number of aromatic nitrogens is 2. The second kappa shape index (κ2) is 7.03. The zero-order chi connectivity index (χ0) is 18.1. The highest BCUT2D eigenvalue weighted by molar-refractivity contribution is 5.49. The lowest BCUT2D eigenvalue weighted by molar-refractivity contribution is 0.717. The van der Waals surface area contributed by atoms with Gasteiger partial charge in [0.2, 0.25) is 5.95 Å². The number of nitrogens with one attached hydrogen (secondary N) is 1. The maximum Gasteiger partial charge on any atom is 0.225 e. The van der Waals surface area contributed by atoms with Crippen molar-refractivity contribution in [1.82, 2.24) is 9.97 Å². The number of nitrogens with zero attached hydrogens (tertiary/aromatic N) is 3. The van der Waals surface area contributed by atoms with Crippen molar-refractivity contribution in [2.75, 3.05) is 16.8 Å². The SMILES string of the molecule is c1ccc(CNc2nc(C3CC3)cc(N3CCc4ccccc4C3)n2)cc1. The van der Waals surface area contributed by atoms with E-state index in [4.69, 9.17) is 9.97 Å². The molecule has 1 aliphatic carbocycles. The Kier molecular flexibility index (Phi) is 4.24. The predicted octanol–water partition coefficient (Wildman–Crippen LogP) is 4.53. The van der Waals surface area contributed by atoms with E-state index in [9.17, 15) is 0 Å². The minimum absolute atomic E-state index is 0.612. The van der Waals surface area contributed by atoms with Crippen molar-refractivity contribution < 1.29 is 0 Å². The predicted molar refractivity (Wildman–Crippen MR) is 109 cm³/mol. The molecule has 2 aliphatic rings. The Labute approximate surface area is 160 Å². The molecule has 0 amide bonds. The van der Waals surface area contributed by atoms with Crippen molar-refractivity contribution in [2.24, 2.45) is 0 Å². The topological polar surface area (TPSA) is 41.1 Å². The summed E-state index contributed by atoms with van der Waals surface area (Å²) >= 11 is 0. The Bertz CT molecular complexity index is 934. The van der Waals surface area contributed by atoms with Crippen LogP contribution in [0.1, 0.15) is 41.1 Å². The van der Waals surface area contributed by atoms with E-state index in [1.54, 1.807) is 0 Å². The summed E-state index contributed by atoms with van der Waals surface area (Å²) in [6, 6.07) is 21.4. The Balaban J connectivity index is 1.40. The number of anilines is 2. The lowest BCUT2D eigenvalue weighted by Gasteiger charge is -2.30. The van der Waals surface area contributed by atoms with Gasteiger partial charge in [-0.25, -0.2) is 4.98 Å². The van der Waals surface area contributed by atoms with Crippen LogP contribution in [0.4, 0.5) is 11.8 Å². The van der Waals surface area contributed by atoms with Crippen LogP contribution in [0.3, 0.4) is 0 Å². The van der Waals surface area contributed by atoms with E-state index < -0.39 is 0 Å². The Morgan fingerprint density at radius 2 is 1.70 bits per heavy atom. The standard InChI is InChI=1S/C23H24N4/c1-2-6-17(7-3-1)15-24-23-25-21(19-10-11-19)14-22(26-23)27-13-12-18-8-4-5-9-20(18)16-27/h1-9,14,19H,10-13,15-16H2,(H,24,25,26). The minimum atomic E-state index is 0.612. The molecule has 5 rings (SSSR count). The summed E-state index contributed by atoms with van der Waals surface area (Å²) in [5, 5.41) is 3.43. The third kappa shape index (κ3) is 3.65. The summed E-state index contributed by atoms with van der Waals surface area (Å²) in [4.78, 5) is 12.1. The molecule has 1 fully saturated rings. The summed E-state index contributed by atoms with van der Waals surface area (Å²) in [5.41, 5.74) is 5.31. The van der Waals surface area contributed by atoms with Crippen molar-refractivity contribution in [1.29, 1.82) is 0 Å². The van der Waals surface area contributed by atoms with Gasteiger partial charge >= 0.3 is 0 Å². The van der Waals surface area contributed by atoms with Gasteiger partial charge in [-0.05, 0) is 36.0 Å². The van der Waals surface area contributed by atoms with E-state index in [1.165, 1.54) is 35.2 Å². The van der Waals surface area contributed by atoms with Crippen LogP contribution in [-0.2, 0) is 19.5 Å². The third-order valence-electron chi connectivity index (χ3n) is 5.48. The van der Waals surface area contributed by atoms with E-state index in [1.807, 2.05) is 6.07 Å². The molecule has 2 aromatic carbocycles. The average molecular weight is 356 g/mol. The van der Waals surface area contributed by atoms with Crippen LogP contribution in [0.2, 0.25) is 0 Å². The van der Waals surface area contributed by atoms with E-state index in [-0.39, 0.29) is 0 Å². The van der Waals surface area contributed by atoms with Crippen LogP contribution in [-0.4, -0.2) is 16.5 Å². The first-order valence-electron chi connectivity index (χ1n) is 9.84. The minimum Gasteiger partial charge on any atom is -0.352 e. The molecule has 0 radical (unpaired) electrons. The van der Waals surface area contributed by atoms with Gasteiger partial charge in [0.25, 0.3) is 0 Å². The van der Waals surface area contributed by atoms with Gasteiger partial charge in [0, 0.05) is 31.6 Å². The fourth-order valence-electron chi connectivity index (χ4n) is 3.75. The van der Waals surface area contributed by atoms with Crippen LogP contribution in [0.25, 0.3) is 0 Å². The molecule has 0 bridgehead atoms. The first-order valence-corrected chi connectivity index (χ1v) is 9.84. The van der Waals surface area contributed by atoms with Crippen molar-refractivity contribution in [2.45, 2.75) is 38.3 Å². The van der Waals surface area contributed by atoms with Gasteiger partial charge in [-0.2, -0.15) is 4.98 Å². The van der Waals surface area contributed by atoms with E-state index in [0.717, 1.165) is 37.8 Å². The van der Waals surface area contributed by atoms with Gasteiger partial charge in [0.05, 0.1) is 5.69 Å². The van der Waals surface area contributed by atoms with E-state index >= 15 is 0 Å². The quantitative estimate of drug-likeness (QED) is 0.729. The Morgan fingerprint density at radius 1 is 0.926 bits per heavy atom. The number of hydrogen-bond acceptors (Lipinski definition) is 4. The lowest BCUT2D eigenvalue weighted by atomic mass is 10.00. The molecule has 136 valence electrons. The van der Waals surface area contributed by atoms with Gasteiger partial charge in [0.15, 0.2) is 0 Å². The normalized spacial score (nSPS) is 16.1. The molecule has 0 spiro atoms. The summed E-state index contributed by atoms with van der Waals surface area (Å²) < 4.78 is 0. The molecular weight excluding hydrogens is 332 g/mol. The highest BCUT2D eigenvalue weighted by Gasteiger charge is 2.27. The second-order valence-electron chi connectivity index (χ2n) is 7.53. The van der Waals surface area contributed by atoms with Gasteiger partial charge in [-0.3, -0.25) is 0 Å². The average Bonchev–Trinajstić information content (AvgIpc) is 3.58. The summed E-state index contributed by atoms with van der Waals surface area (Å²) in [6.07, 6.45) is 3.57. The highest BCUT2D eigenvalue weighted by atomic mass is 15.2. The fourth-order valence-corrected chi connectivity index (χ4v) is 3.75. The molecule has 0 atom stereocenters. The smallest absolute Gasteiger partial charge is 0.225 e. The Hall–Kier alpha value is -2.88. The molecule has 1 aromatic heterocycles. The van der Waals surface area contributed by atoms with Crippen LogP contribution >= 0.6 is 0 Å². The molecule has 1 N–H and O–H groups in total. The number of hydrogen-bond donors (Lipinski definition) is 1. The van der Waals surface area contributed by atoms with Crippen LogP contribution in [0.5, 0.6) is 0 Å². The molecule has 4 nitrogen and oxygen atoms in total.